The van der Waals surface area contributed by atoms with Gasteiger partial charge in [0.25, 0.3) is 0 Å². The maximum absolute atomic E-state index is 5.70. The Morgan fingerprint density at radius 3 is 2.88 bits per heavy atom. The molecule has 0 fully saturated rings. The zero-order chi connectivity index (χ0) is 12.3. The van der Waals surface area contributed by atoms with Crippen molar-refractivity contribution < 1.29 is 0 Å². The van der Waals surface area contributed by atoms with Crippen molar-refractivity contribution in [3.8, 4) is 0 Å². The van der Waals surface area contributed by atoms with Gasteiger partial charge in [0, 0.05) is 6.54 Å². The van der Waals surface area contributed by atoms with E-state index < -0.39 is 0 Å². The smallest absolute Gasteiger partial charge is 0.165 e. The van der Waals surface area contributed by atoms with Gasteiger partial charge in [0.2, 0.25) is 0 Å². The summed E-state index contributed by atoms with van der Waals surface area (Å²) in [6.45, 7) is 0.829. The molecule has 7 heteroatoms. The highest BCUT2D eigenvalue weighted by molar-refractivity contribution is 7.80. The molecule has 90 valence electrons. The van der Waals surface area contributed by atoms with Gasteiger partial charge in [0.15, 0.2) is 11.5 Å². The second-order valence-corrected chi connectivity index (χ2v) is 4.32. The van der Waals surface area contributed by atoms with Gasteiger partial charge < -0.3 is 16.0 Å². The molecular weight excluding hydrogens is 236 g/mol. The highest BCUT2D eigenvalue weighted by Crippen LogP contribution is 2.14. The number of rotatable bonds is 5. The van der Waals surface area contributed by atoms with E-state index in [1.807, 2.05) is 4.57 Å². The Labute approximate surface area is 104 Å². The monoisotopic (exact) mass is 250 g/mol. The molecule has 0 saturated carbocycles. The SMILES string of the molecule is NC(=S)CCCCn1cnc2c(N)ncnc21. The Hall–Kier alpha value is -1.76. The lowest BCUT2D eigenvalue weighted by Crippen LogP contribution is -2.07. The van der Waals surface area contributed by atoms with Crippen molar-refractivity contribution in [3.05, 3.63) is 12.7 Å². The first-order chi connectivity index (χ1) is 8.18. The Kier molecular flexibility index (Phi) is 3.48. The molecule has 6 nitrogen and oxygen atoms in total. The molecule has 0 radical (unpaired) electrons. The van der Waals surface area contributed by atoms with Gasteiger partial charge in [0.1, 0.15) is 11.8 Å². The fraction of sp³-hybridized carbons (Fsp3) is 0.400. The largest absolute Gasteiger partial charge is 0.393 e. The number of nitrogen functional groups attached to an aromatic ring is 1. The van der Waals surface area contributed by atoms with Gasteiger partial charge in [0.05, 0.1) is 11.3 Å². The molecule has 2 aromatic heterocycles. The van der Waals surface area contributed by atoms with Crippen LogP contribution in [0.25, 0.3) is 11.2 Å². The lowest BCUT2D eigenvalue weighted by Gasteiger charge is -2.03. The maximum Gasteiger partial charge on any atom is 0.165 e. The molecule has 4 N–H and O–H groups in total. The number of hydrogen-bond acceptors (Lipinski definition) is 5. The van der Waals surface area contributed by atoms with Gasteiger partial charge in [-0.1, -0.05) is 12.2 Å². The van der Waals surface area contributed by atoms with Crippen LogP contribution in [-0.2, 0) is 6.54 Å². The summed E-state index contributed by atoms with van der Waals surface area (Å²) in [6.07, 6.45) is 5.91. The number of nitrogens with zero attached hydrogens (tertiary/aromatic N) is 4. The molecule has 2 rings (SSSR count). The van der Waals surface area contributed by atoms with Crippen molar-refractivity contribution >= 4 is 34.2 Å². The number of fused-ring (bicyclic) bond motifs is 1. The van der Waals surface area contributed by atoms with Crippen LogP contribution in [0.1, 0.15) is 19.3 Å². The number of hydrogen-bond donors (Lipinski definition) is 2. The van der Waals surface area contributed by atoms with E-state index in [0.717, 1.165) is 31.5 Å². The highest BCUT2D eigenvalue weighted by atomic mass is 32.1. The molecule has 0 unspecified atom stereocenters. The Balaban J connectivity index is 2.04. The summed E-state index contributed by atoms with van der Waals surface area (Å²) in [7, 11) is 0. The normalized spacial score (nSPS) is 10.8. The third-order valence-electron chi connectivity index (χ3n) is 2.50. The number of imidazole rings is 1. The van der Waals surface area contributed by atoms with Crippen molar-refractivity contribution in [2.45, 2.75) is 25.8 Å². The second-order valence-electron chi connectivity index (χ2n) is 3.79. The van der Waals surface area contributed by atoms with Crippen molar-refractivity contribution in [1.82, 2.24) is 19.5 Å². The molecular formula is C10H14N6S. The van der Waals surface area contributed by atoms with Crippen LogP contribution in [0, 0.1) is 0 Å². The minimum atomic E-state index is 0.414. The zero-order valence-electron chi connectivity index (χ0n) is 9.33. The lowest BCUT2D eigenvalue weighted by molar-refractivity contribution is 0.629. The van der Waals surface area contributed by atoms with E-state index in [1.165, 1.54) is 6.33 Å². The van der Waals surface area contributed by atoms with E-state index in [2.05, 4.69) is 15.0 Å². The van der Waals surface area contributed by atoms with Crippen molar-refractivity contribution in [2.75, 3.05) is 5.73 Å². The molecule has 0 aliphatic carbocycles. The Morgan fingerprint density at radius 2 is 2.12 bits per heavy atom. The van der Waals surface area contributed by atoms with E-state index in [1.54, 1.807) is 6.33 Å². The fourth-order valence-corrected chi connectivity index (χ4v) is 1.79. The van der Waals surface area contributed by atoms with Crippen molar-refractivity contribution in [2.24, 2.45) is 5.73 Å². The molecule has 0 bridgehead atoms. The quantitative estimate of drug-likeness (QED) is 0.603. The standard InChI is InChI=1S/C10H14N6S/c11-7(17)3-1-2-4-16-6-15-8-9(12)13-5-14-10(8)16/h5-6H,1-4H2,(H2,11,17)(H2,12,13,14). The van der Waals surface area contributed by atoms with Crippen molar-refractivity contribution in [3.63, 3.8) is 0 Å². The number of nitrogens with two attached hydrogens (primary N) is 2. The minimum Gasteiger partial charge on any atom is -0.393 e. The summed E-state index contributed by atoms with van der Waals surface area (Å²) >= 11 is 4.82. The number of unbranched alkanes of at least 4 members (excludes halogenated alkanes) is 1. The van der Waals surface area contributed by atoms with Crippen LogP contribution in [0.2, 0.25) is 0 Å². The fourth-order valence-electron chi connectivity index (χ4n) is 1.64. The predicted molar refractivity (Wildman–Crippen MR) is 70.4 cm³/mol. The second kappa shape index (κ2) is 5.05. The average Bonchev–Trinajstić information content (AvgIpc) is 2.69. The summed E-state index contributed by atoms with van der Waals surface area (Å²) in [5, 5.41) is 0. The molecule has 0 amide bonds. The van der Waals surface area contributed by atoms with Gasteiger partial charge in [-0.15, -0.1) is 0 Å². The highest BCUT2D eigenvalue weighted by Gasteiger charge is 2.06. The average molecular weight is 250 g/mol. The topological polar surface area (TPSA) is 95.6 Å². The number of thiocarbonyl (C=S) groups is 1. The molecule has 0 atom stereocenters. The van der Waals surface area contributed by atoms with Crippen LogP contribution in [0.4, 0.5) is 5.82 Å². The number of aryl methyl sites for hydroxylation is 1. The van der Waals surface area contributed by atoms with E-state index >= 15 is 0 Å². The van der Waals surface area contributed by atoms with Crippen LogP contribution in [0.3, 0.4) is 0 Å². The molecule has 0 saturated heterocycles. The van der Waals surface area contributed by atoms with Crippen LogP contribution in [0.5, 0.6) is 0 Å². The molecule has 0 aromatic carbocycles. The van der Waals surface area contributed by atoms with E-state index in [-0.39, 0.29) is 0 Å². The third kappa shape index (κ3) is 2.68. The summed E-state index contributed by atoms with van der Waals surface area (Å²) in [5.41, 5.74) is 12.6. The first-order valence-electron chi connectivity index (χ1n) is 5.38. The summed E-state index contributed by atoms with van der Waals surface area (Å²) in [5.74, 6) is 0.414. The minimum absolute atomic E-state index is 0.414. The van der Waals surface area contributed by atoms with Gasteiger partial charge in [-0.25, -0.2) is 15.0 Å². The van der Waals surface area contributed by atoms with E-state index in [4.69, 9.17) is 23.7 Å². The van der Waals surface area contributed by atoms with Crippen LogP contribution in [0.15, 0.2) is 12.7 Å². The van der Waals surface area contributed by atoms with Crippen LogP contribution >= 0.6 is 12.2 Å². The molecule has 2 heterocycles. The van der Waals surface area contributed by atoms with Gasteiger partial charge in [-0.2, -0.15) is 0 Å². The Morgan fingerprint density at radius 1 is 1.29 bits per heavy atom. The van der Waals surface area contributed by atoms with Crippen molar-refractivity contribution in [1.29, 1.82) is 0 Å². The van der Waals surface area contributed by atoms with Crippen LogP contribution in [-0.4, -0.2) is 24.5 Å². The van der Waals surface area contributed by atoms with Crippen LogP contribution < -0.4 is 11.5 Å². The first-order valence-corrected chi connectivity index (χ1v) is 5.79. The first kappa shape index (κ1) is 11.7. The molecule has 0 spiro atoms. The summed E-state index contributed by atoms with van der Waals surface area (Å²) in [4.78, 5) is 12.8. The van der Waals surface area contributed by atoms with Gasteiger partial charge in [-0.05, 0) is 19.3 Å². The lowest BCUT2D eigenvalue weighted by atomic mass is 10.2. The zero-order valence-corrected chi connectivity index (χ0v) is 10.2. The number of anilines is 1. The van der Waals surface area contributed by atoms with E-state index in [9.17, 15) is 0 Å². The predicted octanol–water partition coefficient (Wildman–Crippen LogP) is 0.865. The molecule has 0 aliphatic heterocycles. The Bertz CT molecular complexity index is 535. The molecule has 2 aromatic rings. The summed E-state index contributed by atoms with van der Waals surface area (Å²) in [6, 6.07) is 0. The maximum atomic E-state index is 5.70. The van der Waals surface area contributed by atoms with E-state index in [0.29, 0.717) is 16.3 Å². The molecule has 17 heavy (non-hydrogen) atoms. The third-order valence-corrected chi connectivity index (χ3v) is 2.71. The molecule has 0 aliphatic rings. The van der Waals surface area contributed by atoms with Gasteiger partial charge in [-0.3, -0.25) is 0 Å². The van der Waals surface area contributed by atoms with Gasteiger partial charge >= 0.3 is 0 Å². The summed E-state index contributed by atoms with van der Waals surface area (Å²) < 4.78 is 1.97. The number of aromatic nitrogens is 4.